The summed E-state index contributed by atoms with van der Waals surface area (Å²) in [6, 6.07) is 4.62. The predicted molar refractivity (Wildman–Crippen MR) is 144 cm³/mol. The zero-order chi connectivity index (χ0) is 28.5. The highest BCUT2D eigenvalue weighted by molar-refractivity contribution is 6.31. The van der Waals surface area contributed by atoms with Gasteiger partial charge in [-0.1, -0.05) is 18.0 Å². The fourth-order valence-electron chi connectivity index (χ4n) is 4.99. The monoisotopic (exact) mass is 578 g/mol. The second-order valence-electron chi connectivity index (χ2n) is 9.59. The molecule has 12 nitrogen and oxygen atoms in total. The molecule has 2 aromatic heterocycles. The lowest BCUT2D eigenvalue weighted by Gasteiger charge is -2.26. The number of benzene rings is 1. The fraction of sp³-hybridized carbons (Fsp3) is 0.286. The Morgan fingerprint density at radius 1 is 0.780 bits per heavy atom. The smallest absolute Gasteiger partial charge is 0.337 e. The average Bonchev–Trinajstić information content (AvgIpc) is 3.34. The quantitative estimate of drug-likeness (QED) is 0.332. The van der Waals surface area contributed by atoms with Crippen molar-refractivity contribution in [2.75, 3.05) is 19.6 Å². The van der Waals surface area contributed by atoms with Gasteiger partial charge in [0.25, 0.3) is 5.88 Å². The van der Waals surface area contributed by atoms with Gasteiger partial charge >= 0.3 is 23.9 Å². The van der Waals surface area contributed by atoms with E-state index < -0.39 is 29.8 Å². The van der Waals surface area contributed by atoms with Crippen LogP contribution in [0, 0.1) is 0 Å². The van der Waals surface area contributed by atoms with Crippen LogP contribution in [0.25, 0.3) is 22.2 Å². The van der Waals surface area contributed by atoms with Crippen molar-refractivity contribution in [1.82, 2.24) is 19.7 Å². The molecule has 3 aromatic rings. The first-order valence-electron chi connectivity index (χ1n) is 13.1. The van der Waals surface area contributed by atoms with E-state index in [1.807, 2.05) is 0 Å². The van der Waals surface area contributed by atoms with E-state index in [2.05, 4.69) is 9.88 Å². The molecule has 1 aromatic carbocycles. The molecule has 0 amide bonds. The lowest BCUT2D eigenvalue weighted by molar-refractivity contribution is -0.132. The lowest BCUT2D eigenvalue weighted by Crippen LogP contribution is -2.31. The number of fused-ring (bicyclic) bond motifs is 5. The Kier molecular flexibility index (Phi) is 7.25. The third-order valence-corrected chi connectivity index (χ3v) is 7.02. The van der Waals surface area contributed by atoms with E-state index >= 15 is 0 Å². The van der Waals surface area contributed by atoms with Gasteiger partial charge in [-0.25, -0.2) is 19.2 Å². The highest BCUT2D eigenvalue weighted by Gasteiger charge is 2.31. The van der Waals surface area contributed by atoms with Gasteiger partial charge in [0.15, 0.2) is 0 Å². The summed E-state index contributed by atoms with van der Waals surface area (Å²) in [5.74, 6) is -4.47. The van der Waals surface area contributed by atoms with Crippen LogP contribution in [-0.2, 0) is 25.7 Å². The van der Waals surface area contributed by atoms with E-state index in [-0.39, 0.29) is 39.0 Å². The van der Waals surface area contributed by atoms with Crippen molar-refractivity contribution in [2.45, 2.75) is 32.2 Å². The van der Waals surface area contributed by atoms with Crippen LogP contribution in [0.3, 0.4) is 0 Å². The molecule has 0 N–H and O–H groups in total. The largest absolute Gasteiger partial charge is 0.423 e. The van der Waals surface area contributed by atoms with Crippen LogP contribution < -0.4 is 18.9 Å². The Balaban J connectivity index is 1.59. The minimum Gasteiger partial charge on any atom is -0.423 e. The summed E-state index contributed by atoms with van der Waals surface area (Å²) in [5, 5.41) is 5.26. The molecule has 210 valence electrons. The van der Waals surface area contributed by atoms with E-state index in [9.17, 15) is 19.2 Å². The summed E-state index contributed by atoms with van der Waals surface area (Å²) in [6.07, 6.45) is 7.72. The number of hydrogen-bond donors (Lipinski definition) is 0. The summed E-state index contributed by atoms with van der Waals surface area (Å²) in [5.41, 5.74) is 0.759. The first kappa shape index (κ1) is 26.7. The van der Waals surface area contributed by atoms with Crippen molar-refractivity contribution in [2.24, 2.45) is 0 Å². The minimum atomic E-state index is -0.966. The molecule has 3 aliphatic rings. The summed E-state index contributed by atoms with van der Waals surface area (Å²) in [7, 11) is 0. The number of carbonyl (C=O) groups excluding carboxylic acids is 4. The van der Waals surface area contributed by atoms with Crippen LogP contribution in [0.5, 0.6) is 23.3 Å². The number of halogens is 1. The van der Waals surface area contributed by atoms with Crippen LogP contribution >= 0.6 is 11.6 Å². The van der Waals surface area contributed by atoms with Gasteiger partial charge in [-0.2, -0.15) is 10.1 Å². The molecule has 6 rings (SSSR count). The highest BCUT2D eigenvalue weighted by Crippen LogP contribution is 2.46. The van der Waals surface area contributed by atoms with Gasteiger partial charge in [-0.15, -0.1) is 0 Å². The molecular weight excluding hydrogens is 556 g/mol. The van der Waals surface area contributed by atoms with Crippen molar-refractivity contribution >= 4 is 46.4 Å². The van der Waals surface area contributed by atoms with Gasteiger partial charge in [-0.3, -0.25) is 4.68 Å². The maximum absolute atomic E-state index is 12.8. The van der Waals surface area contributed by atoms with Gasteiger partial charge in [0, 0.05) is 47.5 Å². The number of piperidine rings is 1. The molecule has 0 aliphatic carbocycles. The van der Waals surface area contributed by atoms with Crippen molar-refractivity contribution < 1.29 is 38.1 Å². The zero-order valence-corrected chi connectivity index (χ0v) is 22.4. The maximum Gasteiger partial charge on any atom is 0.337 e. The van der Waals surface area contributed by atoms with Gasteiger partial charge in [0.2, 0.25) is 11.6 Å². The average molecular weight is 579 g/mol. The van der Waals surface area contributed by atoms with Crippen LogP contribution in [-0.4, -0.2) is 63.2 Å². The van der Waals surface area contributed by atoms with E-state index in [4.69, 9.17) is 35.6 Å². The molecule has 41 heavy (non-hydrogen) atoms. The Bertz CT molecular complexity index is 1650. The number of aromatic nitrogens is 3. The Morgan fingerprint density at radius 3 is 2.17 bits per heavy atom. The van der Waals surface area contributed by atoms with E-state index in [1.165, 1.54) is 12.5 Å². The van der Waals surface area contributed by atoms with Crippen molar-refractivity contribution in [1.29, 1.82) is 0 Å². The third-order valence-electron chi connectivity index (χ3n) is 6.79. The lowest BCUT2D eigenvalue weighted by atomic mass is 10.1. The number of likely N-dealkylation sites (tertiary alicyclic amines) is 1. The van der Waals surface area contributed by atoms with Crippen molar-refractivity contribution in [3.8, 4) is 34.5 Å². The number of esters is 4. The van der Waals surface area contributed by atoms with E-state index in [1.54, 1.807) is 16.8 Å². The fourth-order valence-corrected chi connectivity index (χ4v) is 5.15. The van der Waals surface area contributed by atoms with Gasteiger partial charge < -0.3 is 23.8 Å². The van der Waals surface area contributed by atoms with Crippen LogP contribution in [0.2, 0.25) is 5.02 Å². The number of nitrogens with zero attached hydrogens (tertiary/aromatic N) is 4. The zero-order valence-electron chi connectivity index (χ0n) is 21.6. The maximum atomic E-state index is 12.8. The van der Waals surface area contributed by atoms with Gasteiger partial charge in [0.05, 0.1) is 5.39 Å². The molecule has 0 spiro atoms. The second-order valence-corrected chi connectivity index (χ2v) is 10.0. The normalized spacial score (nSPS) is 18.2. The SMILES string of the molecule is O=C1C=CC(=O)Oc2c3nc(c4c(nn(CCCN5CCCCC5)c24)-c2ccc(Cl)cc2O1)OC(=O)/C=C\C(=O)O3. The summed E-state index contributed by atoms with van der Waals surface area (Å²) in [6.45, 7) is 3.18. The van der Waals surface area contributed by atoms with Gasteiger partial charge in [0.1, 0.15) is 17.0 Å². The number of ether oxygens (including phenoxy) is 4. The molecule has 0 unspecified atom stereocenters. The van der Waals surface area contributed by atoms with Crippen LogP contribution in [0.1, 0.15) is 25.7 Å². The van der Waals surface area contributed by atoms with E-state index in [0.717, 1.165) is 56.8 Å². The summed E-state index contributed by atoms with van der Waals surface area (Å²) < 4.78 is 23.5. The molecule has 0 atom stereocenters. The topological polar surface area (TPSA) is 139 Å². The molecule has 1 saturated heterocycles. The van der Waals surface area contributed by atoms with Crippen molar-refractivity contribution in [3.63, 3.8) is 0 Å². The van der Waals surface area contributed by atoms with Gasteiger partial charge in [-0.05, 0) is 51.0 Å². The molecule has 5 heterocycles. The molecule has 3 aliphatic heterocycles. The molecule has 0 saturated carbocycles. The van der Waals surface area contributed by atoms with Crippen LogP contribution in [0.4, 0.5) is 0 Å². The molecular formula is C28H23ClN4O8. The molecule has 0 radical (unpaired) electrons. The first-order valence-corrected chi connectivity index (χ1v) is 13.4. The Labute approximate surface area is 238 Å². The minimum absolute atomic E-state index is 0.0551. The number of aryl methyl sites for hydroxylation is 1. The number of pyridine rings is 1. The number of rotatable bonds is 4. The molecule has 1 fully saturated rings. The Morgan fingerprint density at radius 2 is 1.44 bits per heavy atom. The first-order chi connectivity index (χ1) is 19.9. The second kappa shape index (κ2) is 11.1. The molecule has 13 heteroatoms. The standard InChI is InChI=1S/C28H23ClN4O8/c29-16-5-6-17-18(15-16)38-19(34)7-8-20(35)39-26-25-23(27-30-28(26)41-22(37)10-9-21(36)40-27)24(17)31-33(25)14-4-13-32-11-2-1-3-12-32/h5-10,15H,1-4,11-14H2/b8-7?,10-9-. The summed E-state index contributed by atoms with van der Waals surface area (Å²) in [4.78, 5) is 56.9. The third kappa shape index (κ3) is 5.56. The highest BCUT2D eigenvalue weighted by atomic mass is 35.5. The number of hydrogen-bond acceptors (Lipinski definition) is 11. The van der Waals surface area contributed by atoms with Crippen molar-refractivity contribution in [3.05, 3.63) is 47.5 Å². The summed E-state index contributed by atoms with van der Waals surface area (Å²) >= 11 is 6.22. The number of carbonyl (C=O) groups is 4. The Hall–Kier alpha value is -4.55. The van der Waals surface area contributed by atoms with Crippen LogP contribution in [0.15, 0.2) is 42.5 Å². The van der Waals surface area contributed by atoms with E-state index in [0.29, 0.717) is 18.5 Å². The molecule has 6 bridgehead atoms. The predicted octanol–water partition coefficient (Wildman–Crippen LogP) is 3.39.